The Kier molecular flexibility index (Phi) is 4.73. The molecule has 0 bridgehead atoms. The number of benzene rings is 1. The van der Waals surface area contributed by atoms with Crippen molar-refractivity contribution in [3.63, 3.8) is 0 Å². The summed E-state index contributed by atoms with van der Waals surface area (Å²) in [5.41, 5.74) is 11.6. The van der Waals surface area contributed by atoms with E-state index in [-0.39, 0.29) is 6.04 Å². The summed E-state index contributed by atoms with van der Waals surface area (Å²) in [5, 5.41) is 3.81. The maximum Gasteiger partial charge on any atom is 0.235 e. The molecule has 0 aromatic heterocycles. The van der Waals surface area contributed by atoms with Gasteiger partial charge in [-0.1, -0.05) is 23.7 Å². The first-order valence-corrected chi connectivity index (χ1v) is 5.42. The summed E-state index contributed by atoms with van der Waals surface area (Å²) in [4.78, 5) is 10.7. The van der Waals surface area contributed by atoms with Gasteiger partial charge in [0.15, 0.2) is 0 Å². The van der Waals surface area contributed by atoms with Crippen molar-refractivity contribution in [1.29, 1.82) is 0 Å². The Bertz CT molecular complexity index is 370. The zero-order valence-corrected chi connectivity index (χ0v) is 9.87. The highest BCUT2D eigenvalue weighted by molar-refractivity contribution is 6.30. The molecule has 16 heavy (non-hydrogen) atoms. The van der Waals surface area contributed by atoms with E-state index < -0.39 is 11.9 Å². The van der Waals surface area contributed by atoms with Gasteiger partial charge in [0.25, 0.3) is 0 Å². The minimum Gasteiger partial charge on any atom is -0.368 e. The molecule has 0 aliphatic carbocycles. The number of primary amides is 1. The second-order valence-corrected chi connectivity index (χ2v) is 4.13. The Morgan fingerprint density at radius 2 is 2.25 bits per heavy atom. The van der Waals surface area contributed by atoms with E-state index in [1.165, 1.54) is 0 Å². The molecule has 5 heteroatoms. The van der Waals surface area contributed by atoms with E-state index in [1.807, 2.05) is 31.2 Å². The highest BCUT2D eigenvalue weighted by atomic mass is 35.5. The molecule has 0 spiro atoms. The lowest BCUT2D eigenvalue weighted by molar-refractivity contribution is -0.119. The zero-order chi connectivity index (χ0) is 12.1. The van der Waals surface area contributed by atoms with Crippen molar-refractivity contribution in [3.05, 3.63) is 34.9 Å². The number of rotatable bonds is 5. The van der Waals surface area contributed by atoms with Crippen LogP contribution >= 0.6 is 11.6 Å². The average Bonchev–Trinajstić information content (AvgIpc) is 2.25. The van der Waals surface area contributed by atoms with Gasteiger partial charge in [-0.25, -0.2) is 0 Å². The SMILES string of the molecule is C[C@H](NCC(N)C(N)=O)c1cccc(Cl)c1. The molecule has 1 aromatic rings. The number of amides is 1. The quantitative estimate of drug-likeness (QED) is 0.713. The van der Waals surface area contributed by atoms with Crippen LogP contribution in [-0.4, -0.2) is 18.5 Å². The third kappa shape index (κ3) is 3.81. The van der Waals surface area contributed by atoms with Crippen LogP contribution in [0.4, 0.5) is 0 Å². The van der Waals surface area contributed by atoms with Gasteiger partial charge in [-0.05, 0) is 24.6 Å². The van der Waals surface area contributed by atoms with Crippen LogP contribution in [0, 0.1) is 0 Å². The molecule has 1 unspecified atom stereocenters. The summed E-state index contributed by atoms with van der Waals surface area (Å²) in [6.07, 6.45) is 0. The number of hydrogen-bond acceptors (Lipinski definition) is 3. The lowest BCUT2D eigenvalue weighted by atomic mass is 10.1. The van der Waals surface area contributed by atoms with Crippen molar-refractivity contribution < 1.29 is 4.79 Å². The molecule has 88 valence electrons. The average molecular weight is 242 g/mol. The fourth-order valence-corrected chi connectivity index (χ4v) is 1.50. The maximum absolute atomic E-state index is 10.7. The maximum atomic E-state index is 10.7. The van der Waals surface area contributed by atoms with Crippen LogP contribution in [0.5, 0.6) is 0 Å². The number of carbonyl (C=O) groups is 1. The van der Waals surface area contributed by atoms with E-state index in [0.717, 1.165) is 5.56 Å². The first kappa shape index (κ1) is 13.0. The number of nitrogens with one attached hydrogen (secondary N) is 1. The van der Waals surface area contributed by atoms with Crippen molar-refractivity contribution in [2.24, 2.45) is 11.5 Å². The van der Waals surface area contributed by atoms with Gasteiger partial charge < -0.3 is 16.8 Å². The second-order valence-electron chi connectivity index (χ2n) is 3.69. The molecule has 1 rings (SSSR count). The minimum atomic E-state index is -0.665. The Hall–Kier alpha value is -1.10. The van der Waals surface area contributed by atoms with Crippen molar-refractivity contribution in [3.8, 4) is 0 Å². The molecular formula is C11H16ClN3O. The van der Waals surface area contributed by atoms with Gasteiger partial charge in [0.2, 0.25) is 5.91 Å². The van der Waals surface area contributed by atoms with Crippen LogP contribution in [0.25, 0.3) is 0 Å². The molecule has 0 radical (unpaired) electrons. The van der Waals surface area contributed by atoms with Crippen molar-refractivity contribution in [1.82, 2.24) is 5.32 Å². The molecule has 0 aliphatic heterocycles. The first-order valence-electron chi connectivity index (χ1n) is 5.04. The van der Waals surface area contributed by atoms with E-state index >= 15 is 0 Å². The molecule has 5 N–H and O–H groups in total. The molecule has 4 nitrogen and oxygen atoms in total. The third-order valence-electron chi connectivity index (χ3n) is 2.36. The summed E-state index contributed by atoms with van der Waals surface area (Å²) in [7, 11) is 0. The van der Waals surface area contributed by atoms with Crippen LogP contribution in [0.15, 0.2) is 24.3 Å². The Balaban J connectivity index is 2.52. The molecule has 1 amide bonds. The van der Waals surface area contributed by atoms with Crippen LogP contribution in [0.3, 0.4) is 0 Å². The summed E-state index contributed by atoms with van der Waals surface area (Å²) >= 11 is 5.88. The molecule has 0 saturated carbocycles. The van der Waals surface area contributed by atoms with E-state index in [4.69, 9.17) is 23.1 Å². The lowest BCUT2D eigenvalue weighted by Gasteiger charge is -2.16. The van der Waals surface area contributed by atoms with Crippen LogP contribution in [0.1, 0.15) is 18.5 Å². The van der Waals surface area contributed by atoms with E-state index in [1.54, 1.807) is 0 Å². The highest BCUT2D eigenvalue weighted by Crippen LogP contribution is 2.16. The topological polar surface area (TPSA) is 81.1 Å². The van der Waals surface area contributed by atoms with Crippen molar-refractivity contribution in [2.45, 2.75) is 19.0 Å². The van der Waals surface area contributed by atoms with E-state index in [0.29, 0.717) is 11.6 Å². The molecule has 1 aromatic carbocycles. The number of carbonyl (C=O) groups excluding carboxylic acids is 1. The van der Waals surface area contributed by atoms with Gasteiger partial charge in [-0.3, -0.25) is 4.79 Å². The van der Waals surface area contributed by atoms with Crippen LogP contribution in [-0.2, 0) is 4.79 Å². The van der Waals surface area contributed by atoms with Gasteiger partial charge in [0, 0.05) is 17.6 Å². The first-order chi connectivity index (χ1) is 7.50. The van der Waals surface area contributed by atoms with Gasteiger partial charge in [0.1, 0.15) is 0 Å². The standard InChI is InChI=1S/C11H16ClN3O/c1-7(15-6-10(13)11(14)16)8-3-2-4-9(12)5-8/h2-5,7,10,15H,6,13H2,1H3,(H2,14,16)/t7-,10?/m0/s1. The van der Waals surface area contributed by atoms with Crippen LogP contribution in [0.2, 0.25) is 5.02 Å². The normalized spacial score (nSPS) is 14.4. The predicted molar refractivity (Wildman–Crippen MR) is 65.0 cm³/mol. The van der Waals surface area contributed by atoms with Gasteiger partial charge in [-0.2, -0.15) is 0 Å². The Labute approximate surface area is 100.0 Å². The molecule has 0 aliphatic rings. The van der Waals surface area contributed by atoms with Gasteiger partial charge in [0.05, 0.1) is 6.04 Å². The van der Waals surface area contributed by atoms with Crippen LogP contribution < -0.4 is 16.8 Å². The summed E-state index contributed by atoms with van der Waals surface area (Å²) in [6, 6.07) is 6.93. The fourth-order valence-electron chi connectivity index (χ4n) is 1.30. The summed E-state index contributed by atoms with van der Waals surface area (Å²) in [5.74, 6) is -0.509. The second kappa shape index (κ2) is 5.84. The largest absolute Gasteiger partial charge is 0.368 e. The zero-order valence-electron chi connectivity index (χ0n) is 9.11. The molecule has 0 fully saturated rings. The highest BCUT2D eigenvalue weighted by Gasteiger charge is 2.11. The fraction of sp³-hybridized carbons (Fsp3) is 0.364. The predicted octanol–water partition coefficient (Wildman–Crippen LogP) is 0.803. The number of hydrogen-bond donors (Lipinski definition) is 3. The Morgan fingerprint density at radius 3 is 2.81 bits per heavy atom. The molecular weight excluding hydrogens is 226 g/mol. The van der Waals surface area contributed by atoms with Gasteiger partial charge in [-0.15, -0.1) is 0 Å². The summed E-state index contributed by atoms with van der Waals surface area (Å²) in [6.45, 7) is 2.32. The Morgan fingerprint density at radius 1 is 1.56 bits per heavy atom. The lowest BCUT2D eigenvalue weighted by Crippen LogP contribution is -2.44. The molecule has 2 atom stereocenters. The molecule has 0 saturated heterocycles. The number of halogens is 1. The summed E-state index contributed by atoms with van der Waals surface area (Å²) < 4.78 is 0. The smallest absolute Gasteiger partial charge is 0.235 e. The van der Waals surface area contributed by atoms with Crippen molar-refractivity contribution >= 4 is 17.5 Å². The van der Waals surface area contributed by atoms with E-state index in [9.17, 15) is 4.79 Å². The number of nitrogens with two attached hydrogens (primary N) is 2. The minimum absolute atomic E-state index is 0.0732. The van der Waals surface area contributed by atoms with Gasteiger partial charge >= 0.3 is 0 Å². The monoisotopic (exact) mass is 241 g/mol. The molecule has 0 heterocycles. The van der Waals surface area contributed by atoms with Crippen molar-refractivity contribution in [2.75, 3.05) is 6.54 Å². The third-order valence-corrected chi connectivity index (χ3v) is 2.59. The van der Waals surface area contributed by atoms with E-state index in [2.05, 4.69) is 5.32 Å².